The van der Waals surface area contributed by atoms with Crippen LogP contribution in [0.2, 0.25) is 5.02 Å². The zero-order valence-corrected chi connectivity index (χ0v) is 18.3. The third-order valence-corrected chi connectivity index (χ3v) is 7.26. The average molecular weight is 451 g/mol. The number of methoxy groups -OCH3 is 1. The van der Waals surface area contributed by atoms with Gasteiger partial charge in [-0.05, 0) is 48.0 Å². The minimum absolute atomic E-state index is 0.0984. The van der Waals surface area contributed by atoms with Gasteiger partial charge in [0.15, 0.2) is 0 Å². The smallest absolute Gasteiger partial charge is 0.269 e. The number of anilines is 2. The number of hydrogen-bond donors (Lipinski definition) is 0. The molecule has 31 heavy (non-hydrogen) atoms. The van der Waals surface area contributed by atoms with Crippen molar-refractivity contribution in [3.63, 3.8) is 0 Å². The molecule has 7 heteroatoms. The number of halogens is 1. The van der Waals surface area contributed by atoms with Gasteiger partial charge >= 0.3 is 0 Å². The second-order valence-corrected chi connectivity index (χ2v) is 9.00. The summed E-state index contributed by atoms with van der Waals surface area (Å²) in [4.78, 5) is 29.3. The van der Waals surface area contributed by atoms with Crippen LogP contribution >= 0.6 is 23.4 Å². The monoisotopic (exact) mass is 450 g/mol. The Morgan fingerprint density at radius 3 is 2.58 bits per heavy atom. The van der Waals surface area contributed by atoms with Gasteiger partial charge in [0.1, 0.15) is 5.75 Å². The highest BCUT2D eigenvalue weighted by molar-refractivity contribution is 8.02. The maximum atomic E-state index is 14.0. The molecule has 1 saturated heterocycles. The molecule has 5 rings (SSSR count). The van der Waals surface area contributed by atoms with E-state index >= 15 is 0 Å². The van der Waals surface area contributed by atoms with Crippen LogP contribution in [0.3, 0.4) is 0 Å². The number of carbonyl (C=O) groups is 2. The molecule has 0 aromatic heterocycles. The lowest BCUT2D eigenvalue weighted by atomic mass is 10.0. The van der Waals surface area contributed by atoms with Crippen LogP contribution in [0, 0.1) is 0 Å². The van der Waals surface area contributed by atoms with Crippen LogP contribution < -0.4 is 14.5 Å². The minimum Gasteiger partial charge on any atom is -0.497 e. The SMILES string of the molecule is COc1cccc(CN2C(=O)[C@]3(SCC(=O)N3c3ccc(Cl)cc3)c3ccccc32)c1. The highest BCUT2D eigenvalue weighted by atomic mass is 35.5. The summed E-state index contributed by atoms with van der Waals surface area (Å²) in [7, 11) is 1.62. The molecule has 2 heterocycles. The fraction of sp³-hybridized carbons (Fsp3) is 0.167. The molecule has 3 aromatic carbocycles. The maximum Gasteiger partial charge on any atom is 0.269 e. The van der Waals surface area contributed by atoms with Gasteiger partial charge in [0.2, 0.25) is 10.8 Å². The Morgan fingerprint density at radius 1 is 1.03 bits per heavy atom. The van der Waals surface area contributed by atoms with E-state index in [9.17, 15) is 9.59 Å². The molecule has 2 amide bonds. The van der Waals surface area contributed by atoms with E-state index in [1.54, 1.807) is 41.2 Å². The molecule has 1 spiro atoms. The third kappa shape index (κ3) is 3.09. The van der Waals surface area contributed by atoms with Crippen molar-refractivity contribution in [1.29, 1.82) is 0 Å². The molecular weight excluding hydrogens is 432 g/mol. The minimum atomic E-state index is -1.12. The molecule has 5 nitrogen and oxygen atoms in total. The summed E-state index contributed by atoms with van der Waals surface area (Å²) in [5.41, 5.74) is 3.25. The van der Waals surface area contributed by atoms with Gasteiger partial charge in [0.05, 0.1) is 25.1 Å². The molecule has 0 radical (unpaired) electrons. The first-order valence-corrected chi connectivity index (χ1v) is 11.2. The number of para-hydroxylation sites is 1. The van der Waals surface area contributed by atoms with Crippen LogP contribution in [-0.2, 0) is 21.0 Å². The van der Waals surface area contributed by atoms with Crippen molar-refractivity contribution in [2.45, 2.75) is 11.4 Å². The van der Waals surface area contributed by atoms with Crippen LogP contribution in [0.5, 0.6) is 5.75 Å². The lowest BCUT2D eigenvalue weighted by Gasteiger charge is -2.33. The number of amides is 2. The molecule has 2 aliphatic heterocycles. The average Bonchev–Trinajstić information content (AvgIpc) is 3.26. The summed E-state index contributed by atoms with van der Waals surface area (Å²) < 4.78 is 5.34. The van der Waals surface area contributed by atoms with E-state index in [1.807, 2.05) is 48.5 Å². The number of fused-ring (bicyclic) bond motifs is 2. The van der Waals surface area contributed by atoms with E-state index in [4.69, 9.17) is 16.3 Å². The largest absolute Gasteiger partial charge is 0.497 e. The van der Waals surface area contributed by atoms with Crippen molar-refractivity contribution >= 4 is 46.6 Å². The Kier molecular flexibility index (Phi) is 4.91. The van der Waals surface area contributed by atoms with Gasteiger partial charge in [0, 0.05) is 16.3 Å². The van der Waals surface area contributed by atoms with Crippen molar-refractivity contribution in [3.05, 3.63) is 88.9 Å². The Labute approximate surface area is 189 Å². The Bertz CT molecular complexity index is 1180. The molecule has 2 aliphatic rings. The van der Waals surface area contributed by atoms with Crippen molar-refractivity contribution in [1.82, 2.24) is 0 Å². The first-order chi connectivity index (χ1) is 15.0. The fourth-order valence-corrected chi connectivity index (χ4v) is 5.74. The van der Waals surface area contributed by atoms with Gasteiger partial charge in [-0.1, -0.05) is 41.9 Å². The number of thioether (sulfide) groups is 1. The molecule has 0 unspecified atom stereocenters. The molecule has 0 N–H and O–H groups in total. The second-order valence-electron chi connectivity index (χ2n) is 7.40. The van der Waals surface area contributed by atoms with E-state index in [0.717, 1.165) is 22.6 Å². The van der Waals surface area contributed by atoms with Crippen molar-refractivity contribution in [2.24, 2.45) is 0 Å². The molecule has 3 aromatic rings. The van der Waals surface area contributed by atoms with Gasteiger partial charge in [-0.25, -0.2) is 0 Å². The maximum absolute atomic E-state index is 14.0. The highest BCUT2D eigenvalue weighted by Crippen LogP contribution is 2.56. The highest BCUT2D eigenvalue weighted by Gasteiger charge is 2.60. The van der Waals surface area contributed by atoms with Crippen LogP contribution in [0.15, 0.2) is 72.8 Å². The number of benzene rings is 3. The summed E-state index contributed by atoms with van der Waals surface area (Å²) >= 11 is 7.43. The molecule has 1 fully saturated rings. The Hall–Kier alpha value is -2.96. The number of hydrogen-bond acceptors (Lipinski definition) is 4. The number of carbonyl (C=O) groups excluding carboxylic acids is 2. The summed E-state index contributed by atoms with van der Waals surface area (Å²) in [5.74, 6) is 0.747. The standard InChI is InChI=1S/C24H19ClN2O3S/c1-30-19-6-4-5-16(13-19)14-26-21-8-3-2-7-20(21)24(23(26)29)27(22(28)15-31-24)18-11-9-17(25)10-12-18/h2-13H,14-15H2,1H3/t24-/m1/s1. The molecule has 156 valence electrons. The molecule has 0 aliphatic carbocycles. The zero-order valence-electron chi connectivity index (χ0n) is 16.7. The first kappa shape index (κ1) is 20.0. The lowest BCUT2D eigenvalue weighted by Crippen LogP contribution is -2.49. The van der Waals surface area contributed by atoms with E-state index in [2.05, 4.69) is 0 Å². The topological polar surface area (TPSA) is 49.9 Å². The molecule has 1 atom stereocenters. The van der Waals surface area contributed by atoms with Gasteiger partial charge in [0.25, 0.3) is 5.91 Å². The van der Waals surface area contributed by atoms with Crippen molar-refractivity contribution in [3.8, 4) is 5.75 Å². The van der Waals surface area contributed by atoms with E-state index < -0.39 is 4.87 Å². The Morgan fingerprint density at radius 2 is 1.81 bits per heavy atom. The van der Waals surface area contributed by atoms with Gasteiger partial charge in [-0.2, -0.15) is 0 Å². The van der Waals surface area contributed by atoms with Crippen molar-refractivity contribution < 1.29 is 14.3 Å². The second kappa shape index (κ2) is 7.62. The predicted molar refractivity (Wildman–Crippen MR) is 124 cm³/mol. The summed E-state index contributed by atoms with van der Waals surface area (Å²) in [5, 5.41) is 0.579. The predicted octanol–water partition coefficient (Wildman–Crippen LogP) is 4.83. The van der Waals surface area contributed by atoms with Crippen LogP contribution in [0.4, 0.5) is 11.4 Å². The molecular formula is C24H19ClN2O3S. The third-order valence-electron chi connectivity index (χ3n) is 5.62. The Balaban J connectivity index is 1.61. The quantitative estimate of drug-likeness (QED) is 0.571. The first-order valence-electron chi connectivity index (χ1n) is 9.81. The van der Waals surface area contributed by atoms with Gasteiger partial charge in [-0.15, -0.1) is 11.8 Å². The summed E-state index contributed by atoms with van der Waals surface area (Å²) in [6.45, 7) is 0.387. The van der Waals surface area contributed by atoms with Crippen LogP contribution in [-0.4, -0.2) is 24.7 Å². The van der Waals surface area contributed by atoms with Crippen molar-refractivity contribution in [2.75, 3.05) is 22.7 Å². The number of ether oxygens (including phenoxy) is 1. The molecule has 0 saturated carbocycles. The zero-order chi connectivity index (χ0) is 21.6. The lowest BCUT2D eigenvalue weighted by molar-refractivity contribution is -0.123. The summed E-state index contributed by atoms with van der Waals surface area (Å²) in [6, 6.07) is 22.4. The fourth-order valence-electron chi connectivity index (χ4n) is 4.26. The van der Waals surface area contributed by atoms with E-state index in [-0.39, 0.29) is 17.6 Å². The number of rotatable bonds is 4. The van der Waals surface area contributed by atoms with Crippen LogP contribution in [0.1, 0.15) is 11.1 Å². The summed E-state index contributed by atoms with van der Waals surface area (Å²) in [6.07, 6.45) is 0. The normalized spacial score (nSPS) is 19.9. The molecule has 0 bridgehead atoms. The van der Waals surface area contributed by atoms with Gasteiger partial charge in [-0.3, -0.25) is 14.5 Å². The number of nitrogens with zero attached hydrogens (tertiary/aromatic N) is 2. The van der Waals surface area contributed by atoms with E-state index in [1.165, 1.54) is 11.8 Å². The van der Waals surface area contributed by atoms with Crippen LogP contribution in [0.25, 0.3) is 0 Å². The van der Waals surface area contributed by atoms with Gasteiger partial charge < -0.3 is 9.64 Å². The van der Waals surface area contributed by atoms with E-state index in [0.29, 0.717) is 17.3 Å².